The van der Waals surface area contributed by atoms with Crippen LogP contribution in [0.5, 0.6) is 0 Å². The first kappa shape index (κ1) is 15.0. The van der Waals surface area contributed by atoms with Crippen LogP contribution in [0.4, 0.5) is 0 Å². The number of benzene rings is 1. The number of likely N-dealkylation sites (N-methyl/N-ethyl adjacent to an activating group) is 1. The highest BCUT2D eigenvalue weighted by molar-refractivity contribution is 5.79. The average molecular weight is 302 g/mol. The lowest BCUT2D eigenvalue weighted by molar-refractivity contribution is -0.130. The number of likely N-dealkylation sites (tertiary alicyclic amines) is 1. The molecule has 2 heterocycles. The number of aryl methyl sites for hydroxylation is 1. The summed E-state index contributed by atoms with van der Waals surface area (Å²) in [6.45, 7) is 1.57. The lowest BCUT2D eigenvalue weighted by atomic mass is 10.2. The summed E-state index contributed by atoms with van der Waals surface area (Å²) in [6, 6.07) is 8.00. The van der Waals surface area contributed by atoms with Crippen molar-refractivity contribution >= 4 is 16.8 Å². The molecule has 1 amide bonds. The number of para-hydroxylation sites is 1. The number of aromatic nitrogens is 2. The second kappa shape index (κ2) is 6.06. The number of β-amino-alcohol motifs (C(OH)–C–C–N with tert-alkyl or cyclic N) is 1. The van der Waals surface area contributed by atoms with Crippen molar-refractivity contribution in [2.45, 2.75) is 25.1 Å². The van der Waals surface area contributed by atoms with E-state index in [4.69, 9.17) is 0 Å². The highest BCUT2D eigenvalue weighted by Gasteiger charge is 2.34. The molecule has 1 aliphatic heterocycles. The molecule has 1 aromatic heterocycles. The van der Waals surface area contributed by atoms with Gasteiger partial charge in [-0.1, -0.05) is 18.2 Å². The van der Waals surface area contributed by atoms with Crippen molar-refractivity contribution in [3.63, 3.8) is 0 Å². The van der Waals surface area contributed by atoms with Gasteiger partial charge >= 0.3 is 0 Å². The van der Waals surface area contributed by atoms with Gasteiger partial charge in [0.05, 0.1) is 30.4 Å². The van der Waals surface area contributed by atoms with Crippen LogP contribution >= 0.6 is 0 Å². The summed E-state index contributed by atoms with van der Waals surface area (Å²) in [5.41, 5.74) is 1.04. The van der Waals surface area contributed by atoms with Crippen LogP contribution in [-0.2, 0) is 11.3 Å². The minimum absolute atomic E-state index is 0.0227. The van der Waals surface area contributed by atoms with Crippen LogP contribution in [0.15, 0.2) is 30.5 Å². The minimum Gasteiger partial charge on any atom is -0.390 e. The second-order valence-corrected chi connectivity index (χ2v) is 6.07. The Kier molecular flexibility index (Phi) is 4.13. The van der Waals surface area contributed by atoms with Gasteiger partial charge < -0.3 is 14.9 Å². The fourth-order valence-corrected chi connectivity index (χ4v) is 3.04. The van der Waals surface area contributed by atoms with Crippen LogP contribution in [0.2, 0.25) is 0 Å². The van der Waals surface area contributed by atoms with Gasteiger partial charge in [0.1, 0.15) is 0 Å². The van der Waals surface area contributed by atoms with Gasteiger partial charge in [0, 0.05) is 24.9 Å². The van der Waals surface area contributed by atoms with E-state index in [0.29, 0.717) is 26.1 Å². The Balaban J connectivity index is 1.61. The number of fused-ring (bicyclic) bond motifs is 1. The quantitative estimate of drug-likeness (QED) is 0.896. The topological polar surface area (TPSA) is 61.6 Å². The van der Waals surface area contributed by atoms with Crippen LogP contribution in [-0.4, -0.2) is 69.9 Å². The van der Waals surface area contributed by atoms with Crippen LogP contribution in [0.25, 0.3) is 10.9 Å². The Labute approximate surface area is 129 Å². The number of amides is 1. The summed E-state index contributed by atoms with van der Waals surface area (Å²) in [6.07, 6.45) is 1.75. The molecule has 22 heavy (non-hydrogen) atoms. The van der Waals surface area contributed by atoms with E-state index in [1.165, 1.54) is 0 Å². The molecule has 0 bridgehead atoms. The molecule has 6 nitrogen and oxygen atoms in total. The molecule has 1 aliphatic rings. The SMILES string of the molecule is CN(C)[C@@H]1CN(C(=O)CCn2ncc3ccccc32)C[C@H]1O. The predicted molar refractivity (Wildman–Crippen MR) is 84.4 cm³/mol. The van der Waals surface area contributed by atoms with Crippen molar-refractivity contribution < 1.29 is 9.90 Å². The molecule has 0 spiro atoms. The highest BCUT2D eigenvalue weighted by Crippen LogP contribution is 2.17. The van der Waals surface area contributed by atoms with Gasteiger partial charge in [0.15, 0.2) is 0 Å². The molecule has 0 unspecified atom stereocenters. The van der Waals surface area contributed by atoms with Crippen molar-refractivity contribution in [1.82, 2.24) is 19.6 Å². The average Bonchev–Trinajstić information content (AvgIpc) is 3.08. The third kappa shape index (κ3) is 2.84. The number of carbonyl (C=O) groups is 1. The summed E-state index contributed by atoms with van der Waals surface area (Å²) in [7, 11) is 3.86. The summed E-state index contributed by atoms with van der Waals surface area (Å²) >= 11 is 0. The standard InChI is InChI=1S/C16H22N4O2/c1-18(2)14-10-19(11-15(14)21)16(22)7-8-20-13-6-4-3-5-12(13)9-17-20/h3-6,9,14-15,21H,7-8,10-11H2,1-2H3/t14-,15-/m1/s1. The van der Waals surface area contributed by atoms with E-state index >= 15 is 0 Å². The molecule has 118 valence electrons. The Morgan fingerprint density at radius 3 is 2.86 bits per heavy atom. The second-order valence-electron chi connectivity index (χ2n) is 6.07. The number of hydrogen-bond donors (Lipinski definition) is 1. The number of aliphatic hydroxyl groups excluding tert-OH is 1. The largest absolute Gasteiger partial charge is 0.390 e. The van der Waals surface area contributed by atoms with Crippen LogP contribution in [0, 0.1) is 0 Å². The van der Waals surface area contributed by atoms with Crippen LogP contribution in [0.1, 0.15) is 6.42 Å². The van der Waals surface area contributed by atoms with Gasteiger partial charge in [-0.25, -0.2) is 0 Å². The summed E-state index contributed by atoms with van der Waals surface area (Å²) < 4.78 is 1.86. The molecule has 0 radical (unpaired) electrons. The smallest absolute Gasteiger partial charge is 0.224 e. The molecular weight excluding hydrogens is 280 g/mol. The zero-order valence-corrected chi connectivity index (χ0v) is 13.0. The molecule has 0 saturated carbocycles. The number of aliphatic hydroxyl groups is 1. The molecule has 6 heteroatoms. The van der Waals surface area contributed by atoms with Crippen molar-refractivity contribution in [3.8, 4) is 0 Å². The van der Waals surface area contributed by atoms with Crippen molar-refractivity contribution in [1.29, 1.82) is 0 Å². The van der Waals surface area contributed by atoms with Crippen LogP contribution in [0.3, 0.4) is 0 Å². The summed E-state index contributed by atoms with van der Waals surface area (Å²) in [5.74, 6) is 0.0722. The zero-order valence-electron chi connectivity index (χ0n) is 13.0. The first-order valence-corrected chi connectivity index (χ1v) is 7.59. The van der Waals surface area contributed by atoms with Gasteiger partial charge in [-0.05, 0) is 20.2 Å². The molecule has 1 N–H and O–H groups in total. The Hall–Kier alpha value is -1.92. The fraction of sp³-hybridized carbons (Fsp3) is 0.500. The zero-order chi connectivity index (χ0) is 15.7. The van der Waals surface area contributed by atoms with Gasteiger partial charge in [-0.15, -0.1) is 0 Å². The monoisotopic (exact) mass is 302 g/mol. The maximum atomic E-state index is 12.3. The van der Waals surface area contributed by atoms with Crippen molar-refractivity contribution in [2.75, 3.05) is 27.2 Å². The summed E-state index contributed by atoms with van der Waals surface area (Å²) in [4.78, 5) is 16.1. The van der Waals surface area contributed by atoms with Gasteiger partial charge in [-0.2, -0.15) is 5.10 Å². The van der Waals surface area contributed by atoms with Gasteiger partial charge in [-0.3, -0.25) is 9.48 Å². The molecule has 1 saturated heterocycles. The lowest BCUT2D eigenvalue weighted by Gasteiger charge is -2.21. The Morgan fingerprint density at radius 1 is 1.36 bits per heavy atom. The lowest BCUT2D eigenvalue weighted by Crippen LogP contribution is -2.38. The van der Waals surface area contributed by atoms with E-state index in [1.807, 2.05) is 54.1 Å². The number of hydrogen-bond acceptors (Lipinski definition) is 4. The van der Waals surface area contributed by atoms with E-state index in [0.717, 1.165) is 10.9 Å². The van der Waals surface area contributed by atoms with Crippen molar-refractivity contribution in [3.05, 3.63) is 30.5 Å². The molecular formula is C16H22N4O2. The molecule has 1 aromatic carbocycles. The highest BCUT2D eigenvalue weighted by atomic mass is 16.3. The first-order chi connectivity index (χ1) is 10.6. The third-order valence-electron chi connectivity index (χ3n) is 4.36. The number of rotatable bonds is 4. The molecule has 2 aromatic rings. The van der Waals surface area contributed by atoms with Crippen LogP contribution < -0.4 is 0 Å². The van der Waals surface area contributed by atoms with E-state index in [-0.39, 0.29) is 11.9 Å². The maximum absolute atomic E-state index is 12.3. The van der Waals surface area contributed by atoms with Gasteiger partial charge in [0.25, 0.3) is 0 Å². The van der Waals surface area contributed by atoms with Crippen molar-refractivity contribution in [2.24, 2.45) is 0 Å². The first-order valence-electron chi connectivity index (χ1n) is 7.59. The minimum atomic E-state index is -0.468. The van der Waals surface area contributed by atoms with E-state index in [2.05, 4.69) is 5.10 Å². The van der Waals surface area contributed by atoms with E-state index in [1.54, 1.807) is 4.90 Å². The van der Waals surface area contributed by atoms with Gasteiger partial charge in [0.2, 0.25) is 5.91 Å². The molecule has 3 rings (SSSR count). The Morgan fingerprint density at radius 2 is 2.14 bits per heavy atom. The maximum Gasteiger partial charge on any atom is 0.224 e. The van der Waals surface area contributed by atoms with E-state index in [9.17, 15) is 9.90 Å². The molecule has 2 atom stereocenters. The normalized spacial score (nSPS) is 21.9. The Bertz CT molecular complexity index is 667. The number of nitrogens with zero attached hydrogens (tertiary/aromatic N) is 4. The summed E-state index contributed by atoms with van der Waals surface area (Å²) in [5, 5.41) is 15.4. The molecule has 0 aliphatic carbocycles. The number of carbonyl (C=O) groups excluding carboxylic acids is 1. The molecule has 1 fully saturated rings. The third-order valence-corrected chi connectivity index (χ3v) is 4.36. The van der Waals surface area contributed by atoms with E-state index < -0.39 is 6.10 Å². The fourth-order valence-electron chi connectivity index (χ4n) is 3.04. The predicted octanol–water partition coefficient (Wildman–Crippen LogP) is 0.560.